The molecule has 21 heavy (non-hydrogen) atoms. The minimum atomic E-state index is 0.712. The number of halogens is 1. The van der Waals surface area contributed by atoms with E-state index in [0.29, 0.717) is 6.04 Å². The molecule has 2 aliphatic rings. The Bertz CT molecular complexity index is 467. The third-order valence-electron chi connectivity index (χ3n) is 4.60. The van der Waals surface area contributed by atoms with Gasteiger partial charge in [0.05, 0.1) is 0 Å². The first-order valence-corrected chi connectivity index (χ1v) is 8.56. The largest absolute Gasteiger partial charge is 0.373 e. The Balaban J connectivity index is 1.62. The van der Waals surface area contributed by atoms with Crippen LogP contribution in [0.2, 0.25) is 5.02 Å². The van der Waals surface area contributed by atoms with Crippen LogP contribution in [0.1, 0.15) is 31.2 Å². The van der Waals surface area contributed by atoms with Crippen LogP contribution >= 0.6 is 11.6 Å². The lowest BCUT2D eigenvalue weighted by Gasteiger charge is -2.26. The average molecular weight is 308 g/mol. The highest BCUT2D eigenvalue weighted by Gasteiger charge is 2.21. The molecule has 1 aliphatic heterocycles. The summed E-state index contributed by atoms with van der Waals surface area (Å²) in [4.78, 5) is 4.91. The average Bonchev–Trinajstić information content (AvgIpc) is 3.17. The maximum absolute atomic E-state index is 6.43. The highest BCUT2D eigenvalue weighted by molar-refractivity contribution is 6.31. The molecule has 0 unspecified atom stereocenters. The van der Waals surface area contributed by atoms with Gasteiger partial charge in [-0.05, 0) is 50.9 Å². The first-order valence-electron chi connectivity index (χ1n) is 8.18. The number of likely N-dealkylation sites (N-methyl/N-ethyl adjacent to an activating group) is 1. The lowest BCUT2D eigenvalue weighted by molar-refractivity contribution is 0.346. The molecule has 0 radical (unpaired) electrons. The van der Waals surface area contributed by atoms with Gasteiger partial charge in [0.25, 0.3) is 0 Å². The molecule has 1 aliphatic carbocycles. The monoisotopic (exact) mass is 307 g/mol. The highest BCUT2D eigenvalue weighted by atomic mass is 35.5. The summed E-state index contributed by atoms with van der Waals surface area (Å²) in [6, 6.07) is 6.97. The summed E-state index contributed by atoms with van der Waals surface area (Å²) in [7, 11) is 2.18. The van der Waals surface area contributed by atoms with E-state index in [9.17, 15) is 0 Å². The molecule has 0 atom stereocenters. The fourth-order valence-electron chi connectivity index (χ4n) is 3.03. The van der Waals surface area contributed by atoms with Crippen LogP contribution in [-0.2, 0) is 6.54 Å². The molecular formula is C17H26ClN3. The van der Waals surface area contributed by atoms with Gasteiger partial charge in [-0.25, -0.2) is 0 Å². The Labute approximate surface area is 133 Å². The van der Waals surface area contributed by atoms with Crippen molar-refractivity contribution in [3.8, 4) is 0 Å². The normalized spacial score (nSPS) is 19.1. The maximum atomic E-state index is 6.43. The van der Waals surface area contributed by atoms with Crippen LogP contribution in [0.25, 0.3) is 0 Å². The number of rotatable bonds is 7. The van der Waals surface area contributed by atoms with Gasteiger partial charge in [-0.3, -0.25) is 0 Å². The molecule has 1 saturated carbocycles. The van der Waals surface area contributed by atoms with Gasteiger partial charge in [0.15, 0.2) is 0 Å². The molecule has 0 aromatic heterocycles. The molecule has 3 nitrogen and oxygen atoms in total. The van der Waals surface area contributed by atoms with E-state index in [2.05, 4.69) is 34.3 Å². The van der Waals surface area contributed by atoms with Crippen molar-refractivity contribution in [2.75, 3.05) is 38.1 Å². The summed E-state index contributed by atoms with van der Waals surface area (Å²) in [5.41, 5.74) is 2.52. The van der Waals surface area contributed by atoms with Gasteiger partial charge in [0.2, 0.25) is 0 Å². The van der Waals surface area contributed by atoms with Gasteiger partial charge in [-0.2, -0.15) is 0 Å². The number of nitrogens with zero attached hydrogens (tertiary/aromatic N) is 2. The van der Waals surface area contributed by atoms with Crippen LogP contribution < -0.4 is 10.2 Å². The maximum Gasteiger partial charge on any atom is 0.0471 e. The summed E-state index contributed by atoms with van der Waals surface area (Å²) < 4.78 is 0. The van der Waals surface area contributed by atoms with E-state index in [-0.39, 0.29) is 0 Å². The van der Waals surface area contributed by atoms with Crippen molar-refractivity contribution < 1.29 is 0 Å². The van der Waals surface area contributed by atoms with Crippen LogP contribution in [-0.4, -0.2) is 44.2 Å². The predicted octanol–water partition coefficient (Wildman–Crippen LogP) is 3.12. The molecule has 1 heterocycles. The SMILES string of the molecule is CN(CCN1CCCC1)c1cccc(Cl)c1CNC1CC1. The molecule has 1 saturated heterocycles. The van der Waals surface area contributed by atoms with Gasteiger partial charge in [-0.1, -0.05) is 17.7 Å². The number of hydrogen-bond donors (Lipinski definition) is 1. The van der Waals surface area contributed by atoms with Crippen LogP contribution in [0.5, 0.6) is 0 Å². The van der Waals surface area contributed by atoms with Crippen LogP contribution in [0.3, 0.4) is 0 Å². The van der Waals surface area contributed by atoms with E-state index in [1.165, 1.54) is 50.0 Å². The van der Waals surface area contributed by atoms with Crippen LogP contribution in [0.15, 0.2) is 18.2 Å². The van der Waals surface area contributed by atoms with E-state index in [1.807, 2.05) is 6.07 Å². The molecular weight excluding hydrogens is 282 g/mol. The lowest BCUT2D eigenvalue weighted by Crippen LogP contribution is -2.32. The Kier molecular flexibility index (Phi) is 5.04. The molecule has 0 spiro atoms. The Morgan fingerprint density at radius 2 is 2.05 bits per heavy atom. The smallest absolute Gasteiger partial charge is 0.0471 e. The summed E-state index contributed by atoms with van der Waals surface area (Å²) in [6.07, 6.45) is 5.34. The molecule has 0 bridgehead atoms. The number of nitrogens with one attached hydrogen (secondary N) is 1. The van der Waals surface area contributed by atoms with E-state index in [1.54, 1.807) is 0 Å². The second-order valence-electron chi connectivity index (χ2n) is 6.36. The topological polar surface area (TPSA) is 18.5 Å². The van der Waals surface area contributed by atoms with Gasteiger partial charge in [-0.15, -0.1) is 0 Å². The van der Waals surface area contributed by atoms with E-state index < -0.39 is 0 Å². The number of likely N-dealkylation sites (tertiary alicyclic amines) is 1. The minimum absolute atomic E-state index is 0.712. The quantitative estimate of drug-likeness (QED) is 0.835. The molecule has 1 aromatic carbocycles. The molecule has 1 aromatic rings. The Hall–Kier alpha value is -0.770. The Morgan fingerprint density at radius 1 is 1.29 bits per heavy atom. The van der Waals surface area contributed by atoms with Crippen LogP contribution in [0.4, 0.5) is 5.69 Å². The van der Waals surface area contributed by atoms with Gasteiger partial charge in [0, 0.05) is 49.0 Å². The highest BCUT2D eigenvalue weighted by Crippen LogP contribution is 2.28. The zero-order valence-corrected chi connectivity index (χ0v) is 13.7. The van der Waals surface area contributed by atoms with E-state index in [4.69, 9.17) is 11.6 Å². The van der Waals surface area contributed by atoms with Gasteiger partial charge < -0.3 is 15.1 Å². The minimum Gasteiger partial charge on any atom is -0.373 e. The van der Waals surface area contributed by atoms with Crippen molar-refractivity contribution in [1.29, 1.82) is 0 Å². The van der Waals surface area contributed by atoms with Crippen LogP contribution in [0, 0.1) is 0 Å². The number of benzene rings is 1. The molecule has 1 N–H and O–H groups in total. The summed E-state index contributed by atoms with van der Waals surface area (Å²) >= 11 is 6.43. The predicted molar refractivity (Wildman–Crippen MR) is 90.3 cm³/mol. The summed E-state index contributed by atoms with van der Waals surface area (Å²) in [5.74, 6) is 0. The van der Waals surface area contributed by atoms with Gasteiger partial charge in [0.1, 0.15) is 0 Å². The summed E-state index contributed by atoms with van der Waals surface area (Å²) in [5, 5.41) is 4.47. The first kappa shape index (κ1) is 15.1. The fraction of sp³-hybridized carbons (Fsp3) is 0.647. The standard InChI is InChI=1S/C17H26ClN3/c1-20(11-12-21-9-2-3-10-21)17-6-4-5-16(18)15(17)13-19-14-7-8-14/h4-6,14,19H,2-3,7-13H2,1H3. The second kappa shape index (κ2) is 6.99. The summed E-state index contributed by atoms with van der Waals surface area (Å²) in [6.45, 7) is 5.63. The van der Waals surface area contributed by atoms with E-state index >= 15 is 0 Å². The van der Waals surface area contributed by atoms with Crippen molar-refractivity contribution in [1.82, 2.24) is 10.2 Å². The number of anilines is 1. The zero-order chi connectivity index (χ0) is 14.7. The van der Waals surface area contributed by atoms with Crippen molar-refractivity contribution in [2.24, 2.45) is 0 Å². The molecule has 4 heteroatoms. The third-order valence-corrected chi connectivity index (χ3v) is 4.95. The van der Waals surface area contributed by atoms with Crippen molar-refractivity contribution in [3.05, 3.63) is 28.8 Å². The number of hydrogen-bond acceptors (Lipinski definition) is 3. The van der Waals surface area contributed by atoms with Crippen molar-refractivity contribution >= 4 is 17.3 Å². The van der Waals surface area contributed by atoms with Gasteiger partial charge >= 0.3 is 0 Å². The fourth-order valence-corrected chi connectivity index (χ4v) is 3.27. The second-order valence-corrected chi connectivity index (χ2v) is 6.77. The molecule has 3 rings (SSSR count). The zero-order valence-electron chi connectivity index (χ0n) is 12.9. The van der Waals surface area contributed by atoms with Crippen molar-refractivity contribution in [2.45, 2.75) is 38.3 Å². The molecule has 0 amide bonds. The molecule has 2 fully saturated rings. The lowest BCUT2D eigenvalue weighted by atomic mass is 10.1. The first-order chi connectivity index (χ1) is 10.2. The Morgan fingerprint density at radius 3 is 2.76 bits per heavy atom. The third kappa shape index (κ3) is 4.12. The van der Waals surface area contributed by atoms with E-state index in [0.717, 1.165) is 24.7 Å². The molecule has 116 valence electrons. The van der Waals surface area contributed by atoms with Crippen molar-refractivity contribution in [3.63, 3.8) is 0 Å².